The second kappa shape index (κ2) is 13.4. The van der Waals surface area contributed by atoms with E-state index in [0.717, 1.165) is 25.7 Å². The SMILES string of the molecule is CC(=O)O[C@H]1CC[C@H]2O[C@]23C[C@H]2C(=O)N4[C@@H](C[C@@]56O[C@@H]5CC[C@H](OC(C)=O)[C@@H]46)C(=O)N2[C@H]13.CC(=O)O[C@H]1CC[C@H]2O[C@]23C[C@H]2C(=O)N4[C@@H](C[C@@]56O[C@@H]5CC[C@H](OC(C)=O)[C@@H]46)C(=O)N2[C@H]13.O. The van der Waals surface area contributed by atoms with Gasteiger partial charge < -0.3 is 63.0 Å². The molecule has 0 aromatic carbocycles. The maximum absolute atomic E-state index is 13.9. The molecule has 0 aromatic rings. The number of fused-ring (bicyclic) bond motifs is 8. The zero-order chi connectivity index (χ0) is 44.3. The molecule has 4 aliphatic carbocycles. The molecule has 0 unspecified atom stereocenters. The predicted molar refractivity (Wildman–Crippen MR) is 209 cm³/mol. The van der Waals surface area contributed by atoms with Crippen molar-refractivity contribution < 1.29 is 81.7 Å². The van der Waals surface area contributed by atoms with Crippen LogP contribution in [0.15, 0.2) is 0 Å². The van der Waals surface area contributed by atoms with Crippen LogP contribution in [0.25, 0.3) is 0 Å². The summed E-state index contributed by atoms with van der Waals surface area (Å²) >= 11 is 0. The van der Waals surface area contributed by atoms with Crippen LogP contribution in [0.2, 0.25) is 0 Å². The Labute approximate surface area is 372 Å². The van der Waals surface area contributed by atoms with E-state index in [-0.39, 0.29) is 53.5 Å². The third kappa shape index (κ3) is 5.38. The lowest BCUT2D eigenvalue weighted by molar-refractivity contribution is -0.171. The summed E-state index contributed by atoms with van der Waals surface area (Å²) < 4.78 is 46.7. The molecule has 4 amide bonds. The first kappa shape index (κ1) is 42.0. The van der Waals surface area contributed by atoms with Crippen LogP contribution in [-0.4, -0.2) is 192 Å². The fourth-order valence-electron chi connectivity index (χ4n) is 15.6. The Hall–Kier alpha value is -4.44. The number of ether oxygens (including phenoxy) is 8. The first-order valence-electron chi connectivity index (χ1n) is 23.2. The molecule has 14 aliphatic rings. The standard InChI is InChI=1S/2C22H26N2O8.H2O/c2*1-9(25)29-13-3-5-15-21(31-15)7-11-20(28)24-12(19(27)23(11)17(13)21)8-22-16(32-22)6-4-14(18(22)24)30-10(2)26;/h2*11-18H,3-8H2,1-2H3;1H2/t2*11-,12-,13-,14-,15+,16+,17+,18+,21+,22+;/m00./s1. The molecule has 10 aliphatic heterocycles. The molecule has 0 radical (unpaired) electrons. The van der Waals surface area contributed by atoms with Gasteiger partial charge in [-0.2, -0.15) is 0 Å². The van der Waals surface area contributed by atoms with Crippen molar-refractivity contribution >= 4 is 47.5 Å². The number of hydrogen-bond donors (Lipinski definition) is 0. The highest BCUT2D eigenvalue weighted by Crippen LogP contribution is 2.65. The zero-order valence-corrected chi connectivity index (χ0v) is 36.5. The molecule has 4 saturated carbocycles. The normalized spacial score (nSPS) is 50.8. The third-order valence-corrected chi connectivity index (χ3v) is 17.7. The van der Waals surface area contributed by atoms with Gasteiger partial charge in [-0.25, -0.2) is 0 Å². The molecule has 65 heavy (non-hydrogen) atoms. The molecule has 21 heteroatoms. The van der Waals surface area contributed by atoms with Crippen LogP contribution in [0.3, 0.4) is 0 Å². The average Bonchev–Trinajstić information content (AvgIpc) is 4.18. The lowest BCUT2D eigenvalue weighted by atomic mass is 9.81. The molecule has 10 saturated heterocycles. The van der Waals surface area contributed by atoms with Crippen molar-refractivity contribution in [2.45, 2.75) is 224 Å². The van der Waals surface area contributed by atoms with E-state index in [9.17, 15) is 38.4 Å². The Morgan fingerprint density at radius 1 is 0.400 bits per heavy atom. The van der Waals surface area contributed by atoms with Gasteiger partial charge in [-0.3, -0.25) is 38.4 Å². The second-order valence-corrected chi connectivity index (χ2v) is 20.8. The Morgan fingerprint density at radius 3 is 0.785 bits per heavy atom. The number of nitrogens with zero attached hydrogens (tertiary/aromatic N) is 4. The Bertz CT molecular complexity index is 1940. The number of esters is 4. The summed E-state index contributed by atoms with van der Waals surface area (Å²) in [6.07, 6.45) is 5.18. The van der Waals surface area contributed by atoms with Gasteiger partial charge in [0, 0.05) is 53.4 Å². The molecule has 21 nitrogen and oxygen atoms in total. The van der Waals surface area contributed by atoms with E-state index in [1.54, 1.807) is 19.6 Å². The summed E-state index contributed by atoms with van der Waals surface area (Å²) in [7, 11) is 0. The van der Waals surface area contributed by atoms with Gasteiger partial charge in [0.2, 0.25) is 23.6 Å². The summed E-state index contributed by atoms with van der Waals surface area (Å²) in [5.74, 6) is -2.12. The molecule has 14 rings (SSSR count). The lowest BCUT2D eigenvalue weighted by Crippen LogP contribution is -2.67. The summed E-state index contributed by atoms with van der Waals surface area (Å²) in [6, 6.07) is -4.37. The van der Waals surface area contributed by atoms with Crippen molar-refractivity contribution in [3.8, 4) is 0 Å². The van der Waals surface area contributed by atoms with Gasteiger partial charge in [0.05, 0.1) is 24.4 Å². The number of piperazine rings is 2. The van der Waals surface area contributed by atoms with E-state index in [0.29, 0.717) is 51.4 Å². The minimum atomic E-state index is -0.655. The van der Waals surface area contributed by atoms with Crippen LogP contribution in [0, 0.1) is 0 Å². The van der Waals surface area contributed by atoms with Crippen molar-refractivity contribution in [3.63, 3.8) is 0 Å². The number of carbonyl (C=O) groups excluding carboxylic acids is 8. The highest BCUT2D eigenvalue weighted by molar-refractivity contribution is 6.00. The van der Waals surface area contributed by atoms with Crippen LogP contribution in [0.1, 0.15) is 105 Å². The molecule has 0 aromatic heterocycles. The van der Waals surface area contributed by atoms with E-state index in [1.165, 1.54) is 27.7 Å². The topological polar surface area (TPSA) is 268 Å². The number of rotatable bonds is 4. The quantitative estimate of drug-likeness (QED) is 0.177. The number of carbonyl (C=O) groups is 8. The van der Waals surface area contributed by atoms with Crippen molar-refractivity contribution in [1.82, 2.24) is 19.6 Å². The molecule has 4 spiro atoms. The number of epoxide rings is 4. The third-order valence-electron chi connectivity index (χ3n) is 17.7. The summed E-state index contributed by atoms with van der Waals surface area (Å²) in [6.45, 7) is 5.46. The monoisotopic (exact) mass is 910 g/mol. The molecule has 10 heterocycles. The molecule has 0 bridgehead atoms. The summed E-state index contributed by atoms with van der Waals surface area (Å²) in [5, 5.41) is 0. The lowest BCUT2D eigenvalue weighted by Gasteiger charge is -2.45. The smallest absolute Gasteiger partial charge is 0.302 e. The van der Waals surface area contributed by atoms with Gasteiger partial charge in [-0.05, 0) is 51.4 Å². The predicted octanol–water partition coefficient (Wildman–Crippen LogP) is -1.49. The van der Waals surface area contributed by atoms with Crippen LogP contribution >= 0.6 is 0 Å². The van der Waals surface area contributed by atoms with E-state index in [2.05, 4.69) is 0 Å². The Morgan fingerprint density at radius 2 is 0.600 bits per heavy atom. The van der Waals surface area contributed by atoms with E-state index < -0.39 is 119 Å². The minimum absolute atomic E-state index is 0. The zero-order valence-electron chi connectivity index (χ0n) is 36.5. The largest absolute Gasteiger partial charge is 0.460 e. The van der Waals surface area contributed by atoms with Crippen molar-refractivity contribution in [3.05, 3.63) is 0 Å². The molecular weight excluding hydrogens is 856 g/mol. The summed E-state index contributed by atoms with van der Waals surface area (Å²) in [4.78, 5) is 109. The fraction of sp³-hybridized carbons (Fsp3) is 0.818. The first-order valence-corrected chi connectivity index (χ1v) is 23.2. The van der Waals surface area contributed by atoms with Crippen LogP contribution in [0.4, 0.5) is 0 Å². The maximum Gasteiger partial charge on any atom is 0.302 e. The second-order valence-electron chi connectivity index (χ2n) is 20.8. The average molecular weight is 911 g/mol. The molecule has 352 valence electrons. The fourth-order valence-corrected chi connectivity index (χ4v) is 15.6. The highest BCUT2D eigenvalue weighted by atomic mass is 16.6. The van der Waals surface area contributed by atoms with Crippen molar-refractivity contribution in [1.29, 1.82) is 0 Å². The molecule has 20 atom stereocenters. The Balaban J connectivity index is 0.000000135. The summed E-state index contributed by atoms with van der Waals surface area (Å²) in [5.41, 5.74) is -2.42. The number of hydrogen-bond acceptors (Lipinski definition) is 16. The van der Waals surface area contributed by atoms with Gasteiger partial charge in [0.1, 0.15) is 95.2 Å². The van der Waals surface area contributed by atoms with Crippen molar-refractivity contribution in [2.24, 2.45) is 0 Å². The Kier molecular flexibility index (Phi) is 8.63. The highest BCUT2D eigenvalue weighted by Gasteiger charge is 2.82. The first-order chi connectivity index (χ1) is 30.5. The van der Waals surface area contributed by atoms with Crippen LogP contribution < -0.4 is 0 Å². The van der Waals surface area contributed by atoms with Gasteiger partial charge in [0.15, 0.2) is 0 Å². The van der Waals surface area contributed by atoms with Crippen LogP contribution in [-0.2, 0) is 76.3 Å². The van der Waals surface area contributed by atoms with Crippen molar-refractivity contribution in [2.75, 3.05) is 0 Å². The number of amides is 4. The van der Waals surface area contributed by atoms with Gasteiger partial charge in [-0.15, -0.1) is 0 Å². The maximum atomic E-state index is 13.9. The molecule has 14 fully saturated rings. The van der Waals surface area contributed by atoms with E-state index >= 15 is 0 Å². The molecule has 2 N–H and O–H groups in total. The van der Waals surface area contributed by atoms with Crippen LogP contribution in [0.5, 0.6) is 0 Å². The van der Waals surface area contributed by atoms with Gasteiger partial charge in [0.25, 0.3) is 0 Å². The van der Waals surface area contributed by atoms with Gasteiger partial charge >= 0.3 is 23.9 Å². The minimum Gasteiger partial charge on any atom is -0.460 e. The van der Waals surface area contributed by atoms with Gasteiger partial charge in [-0.1, -0.05) is 0 Å². The molecular formula is C44H54N4O17. The van der Waals surface area contributed by atoms with E-state index in [4.69, 9.17) is 37.9 Å². The van der Waals surface area contributed by atoms with E-state index in [1.807, 2.05) is 0 Å².